The fourth-order valence-electron chi connectivity index (χ4n) is 5.82. The molecule has 1 saturated heterocycles. The third kappa shape index (κ3) is 10.9. The number of hydrogen-bond donors (Lipinski definition) is 1. The van der Waals surface area contributed by atoms with Crippen LogP contribution in [0.2, 0.25) is 18.1 Å². The molecule has 8 atom stereocenters. The van der Waals surface area contributed by atoms with Gasteiger partial charge in [0.25, 0.3) is 0 Å². The van der Waals surface area contributed by atoms with Gasteiger partial charge in [0.15, 0.2) is 14.6 Å². The molecule has 0 amide bonds. The lowest BCUT2D eigenvalue weighted by Crippen LogP contribution is -2.54. The Morgan fingerprint density at radius 1 is 1.20 bits per heavy atom. The van der Waals surface area contributed by atoms with E-state index in [0.717, 1.165) is 13.0 Å². The molecule has 0 spiro atoms. The standard InChI is InChI=1S/C35H65N2O7Si/c1-17-27(22-40-45(15,16)33(6,7)8)36-21-23(2)20-35(11,39-14)31(42-29-19-28(37(12)13)18-24(3)41-29)25(4)30-26(5)32(38)44-34(9,10)43-30/h17,19,23-25,27-29,31,36H,1,18,20-22H2,2-16H3/t23-,24-,25+,27-,28-,29+,31-,35-/m1/s1. The van der Waals surface area contributed by atoms with Crippen molar-refractivity contribution in [2.45, 2.75) is 142 Å². The lowest BCUT2D eigenvalue weighted by atomic mass is 9.80. The molecular formula is C35H65N2O7Si. The van der Waals surface area contributed by atoms with Crippen molar-refractivity contribution >= 4 is 14.3 Å². The summed E-state index contributed by atoms with van der Waals surface area (Å²) in [6.45, 7) is 30.3. The number of hydrogen-bond acceptors (Lipinski definition) is 9. The van der Waals surface area contributed by atoms with Crippen LogP contribution < -0.4 is 5.32 Å². The molecule has 1 fully saturated rings. The highest BCUT2D eigenvalue weighted by molar-refractivity contribution is 6.74. The van der Waals surface area contributed by atoms with Crippen molar-refractivity contribution < 1.29 is 32.9 Å². The van der Waals surface area contributed by atoms with E-state index in [9.17, 15) is 4.79 Å². The monoisotopic (exact) mass is 653 g/mol. The van der Waals surface area contributed by atoms with Crippen LogP contribution in [-0.4, -0.2) is 95.5 Å². The van der Waals surface area contributed by atoms with Gasteiger partial charge in [-0.2, -0.15) is 0 Å². The first-order chi connectivity index (χ1) is 20.6. The minimum absolute atomic E-state index is 0.0189. The molecule has 10 heteroatoms. The van der Waals surface area contributed by atoms with Crippen molar-refractivity contribution in [3.8, 4) is 0 Å². The van der Waals surface area contributed by atoms with Gasteiger partial charge in [-0.25, -0.2) is 4.79 Å². The molecule has 0 aromatic heterocycles. The van der Waals surface area contributed by atoms with E-state index in [1.807, 2.05) is 13.0 Å². The summed E-state index contributed by atoms with van der Waals surface area (Å²) >= 11 is 0. The summed E-state index contributed by atoms with van der Waals surface area (Å²) in [5, 5.41) is 3.79. The van der Waals surface area contributed by atoms with E-state index in [0.29, 0.717) is 24.4 Å². The van der Waals surface area contributed by atoms with Crippen molar-refractivity contribution in [1.29, 1.82) is 0 Å². The molecule has 0 aliphatic carbocycles. The Bertz CT molecular complexity index is 1020. The molecule has 0 saturated carbocycles. The molecule has 1 N–H and O–H groups in total. The zero-order chi connectivity index (χ0) is 34.5. The number of nitrogens with zero attached hydrogens (tertiary/aromatic N) is 1. The average molecular weight is 654 g/mol. The van der Waals surface area contributed by atoms with Crippen LogP contribution in [0.1, 0.15) is 82.1 Å². The summed E-state index contributed by atoms with van der Waals surface area (Å²) in [6.07, 6.45) is 4.55. The van der Waals surface area contributed by atoms with Gasteiger partial charge in [0.05, 0.1) is 30.0 Å². The highest BCUT2D eigenvalue weighted by Gasteiger charge is 2.47. The maximum absolute atomic E-state index is 12.8. The minimum atomic E-state index is -1.88. The highest BCUT2D eigenvalue weighted by atomic mass is 28.4. The van der Waals surface area contributed by atoms with Gasteiger partial charge in [-0.15, -0.1) is 6.58 Å². The van der Waals surface area contributed by atoms with Crippen LogP contribution in [0.3, 0.4) is 0 Å². The molecule has 45 heavy (non-hydrogen) atoms. The maximum Gasteiger partial charge on any atom is 0.340 e. The summed E-state index contributed by atoms with van der Waals surface area (Å²) in [7, 11) is 3.97. The van der Waals surface area contributed by atoms with Crippen LogP contribution in [0.25, 0.3) is 0 Å². The number of methoxy groups -OCH3 is 1. The smallest absolute Gasteiger partial charge is 0.340 e. The van der Waals surface area contributed by atoms with Gasteiger partial charge in [-0.1, -0.05) is 40.7 Å². The van der Waals surface area contributed by atoms with Crippen LogP contribution in [0, 0.1) is 18.3 Å². The van der Waals surface area contributed by atoms with E-state index < -0.39 is 32.1 Å². The third-order valence-electron chi connectivity index (χ3n) is 9.77. The van der Waals surface area contributed by atoms with Crippen molar-refractivity contribution in [2.24, 2.45) is 11.8 Å². The lowest BCUT2D eigenvalue weighted by Gasteiger charge is -2.46. The lowest BCUT2D eigenvalue weighted by molar-refractivity contribution is -0.253. The fourth-order valence-corrected chi connectivity index (χ4v) is 6.85. The van der Waals surface area contributed by atoms with Gasteiger partial charge < -0.3 is 38.3 Å². The first-order valence-electron chi connectivity index (χ1n) is 16.6. The summed E-state index contributed by atoms with van der Waals surface area (Å²) in [5.41, 5.74) is -0.317. The molecule has 0 aromatic rings. The van der Waals surface area contributed by atoms with Gasteiger partial charge in [0.1, 0.15) is 5.76 Å². The van der Waals surface area contributed by atoms with E-state index in [2.05, 4.69) is 91.9 Å². The largest absolute Gasteiger partial charge is 0.456 e. The Hall–Kier alpha value is -1.27. The van der Waals surface area contributed by atoms with E-state index in [1.165, 1.54) is 0 Å². The highest BCUT2D eigenvalue weighted by Crippen LogP contribution is 2.41. The molecule has 261 valence electrons. The zero-order valence-electron chi connectivity index (χ0n) is 31.0. The second kappa shape index (κ2) is 15.7. The predicted octanol–water partition coefficient (Wildman–Crippen LogP) is 6.46. The van der Waals surface area contributed by atoms with Gasteiger partial charge in [-0.3, -0.25) is 0 Å². The van der Waals surface area contributed by atoms with E-state index in [-0.39, 0.29) is 41.0 Å². The van der Waals surface area contributed by atoms with Crippen molar-refractivity contribution in [2.75, 3.05) is 34.4 Å². The number of nitrogens with one attached hydrogen (secondary N) is 1. The Morgan fingerprint density at radius 3 is 2.36 bits per heavy atom. The SMILES string of the molecule is C=C[C@H](CO[Si](C)(C)C(C)(C)C)NC[C@H](C)C[C@@](C)(OC)[C@H](O[C@H]1[CH][C@H](N(C)C)C[C@@H](C)O1)[C@@H](C)C1=C(C)C(=O)OC(C)(C)O1. The van der Waals surface area contributed by atoms with E-state index in [1.54, 1.807) is 27.9 Å². The zero-order valence-corrected chi connectivity index (χ0v) is 32.0. The predicted molar refractivity (Wildman–Crippen MR) is 183 cm³/mol. The minimum Gasteiger partial charge on any atom is -0.456 e. The topological polar surface area (TPSA) is 87.7 Å². The van der Waals surface area contributed by atoms with Gasteiger partial charge in [0.2, 0.25) is 5.79 Å². The number of carbonyl (C=O) groups is 1. The third-order valence-corrected chi connectivity index (χ3v) is 14.3. The van der Waals surface area contributed by atoms with E-state index >= 15 is 0 Å². The first-order valence-corrected chi connectivity index (χ1v) is 19.5. The molecule has 0 unspecified atom stereocenters. The molecule has 2 aliphatic rings. The van der Waals surface area contributed by atoms with Crippen LogP contribution in [-0.2, 0) is 32.9 Å². The molecule has 2 aliphatic heterocycles. The Kier molecular flexibility index (Phi) is 14.0. The fraction of sp³-hybridized carbons (Fsp3) is 0.829. The quantitative estimate of drug-likeness (QED) is 0.115. The molecule has 1 radical (unpaired) electrons. The molecule has 0 aromatic carbocycles. The first kappa shape index (κ1) is 39.9. The molecule has 2 heterocycles. The van der Waals surface area contributed by atoms with Crippen molar-refractivity contribution in [3.63, 3.8) is 0 Å². The molecule has 0 bridgehead atoms. The Labute approximate surface area is 275 Å². The van der Waals surface area contributed by atoms with Crippen LogP contribution in [0.5, 0.6) is 0 Å². The van der Waals surface area contributed by atoms with Crippen molar-refractivity contribution in [1.82, 2.24) is 10.2 Å². The summed E-state index contributed by atoms with van der Waals surface area (Å²) in [4.78, 5) is 15.0. The van der Waals surface area contributed by atoms with Crippen molar-refractivity contribution in [3.05, 3.63) is 30.4 Å². The summed E-state index contributed by atoms with van der Waals surface area (Å²) in [5.74, 6) is -1.06. The number of esters is 1. The number of rotatable bonds is 16. The van der Waals surface area contributed by atoms with Crippen LogP contribution in [0.4, 0.5) is 0 Å². The van der Waals surface area contributed by atoms with Gasteiger partial charge >= 0.3 is 5.97 Å². The van der Waals surface area contributed by atoms with Gasteiger partial charge in [0, 0.05) is 45.4 Å². The molecule has 2 rings (SSSR count). The second-order valence-electron chi connectivity index (χ2n) is 15.6. The summed E-state index contributed by atoms with van der Waals surface area (Å²) in [6, 6.07) is 0.240. The average Bonchev–Trinajstić information content (AvgIpc) is 2.92. The van der Waals surface area contributed by atoms with Crippen LogP contribution >= 0.6 is 0 Å². The number of carbonyl (C=O) groups excluding carboxylic acids is 1. The normalized spacial score (nSPS) is 26.8. The molecule has 9 nitrogen and oxygen atoms in total. The Morgan fingerprint density at radius 2 is 1.82 bits per heavy atom. The second-order valence-corrected chi connectivity index (χ2v) is 20.5. The maximum atomic E-state index is 12.8. The number of ether oxygens (including phenoxy) is 5. The van der Waals surface area contributed by atoms with E-state index in [4.69, 9.17) is 28.1 Å². The van der Waals surface area contributed by atoms with Crippen LogP contribution in [0.15, 0.2) is 24.0 Å². The van der Waals surface area contributed by atoms with Gasteiger partial charge in [-0.05, 0) is 78.3 Å². The number of cyclic esters (lactones) is 1. The Balaban J connectivity index is 2.31. The summed E-state index contributed by atoms with van der Waals surface area (Å²) < 4.78 is 37.8. The molecular weight excluding hydrogens is 588 g/mol.